The van der Waals surface area contributed by atoms with E-state index >= 15 is 0 Å². The molecule has 10 heavy (non-hydrogen) atoms. The third-order valence-electron chi connectivity index (χ3n) is 1.22. The van der Waals surface area contributed by atoms with Crippen LogP contribution in [0.15, 0.2) is 0 Å². The minimum Gasteiger partial charge on any atom is -0.412 e. The van der Waals surface area contributed by atoms with Crippen molar-refractivity contribution in [3.63, 3.8) is 0 Å². The number of rotatable bonds is 1. The molecule has 0 bridgehead atoms. The molecule has 1 aliphatic rings. The maximum absolute atomic E-state index is 8.19. The lowest BCUT2D eigenvalue weighted by Gasteiger charge is -2.22. The maximum Gasteiger partial charge on any atom is 0.287 e. The summed E-state index contributed by atoms with van der Waals surface area (Å²) in [6.07, 6.45) is 1.72. The topological polar surface area (TPSA) is 33.0 Å². The summed E-state index contributed by atoms with van der Waals surface area (Å²) in [4.78, 5) is 0. The van der Waals surface area contributed by atoms with Gasteiger partial charge in [0.15, 0.2) is 5.44 Å². The van der Waals surface area contributed by atoms with Crippen LogP contribution in [0, 0.1) is 11.5 Å². The van der Waals surface area contributed by atoms with E-state index in [2.05, 4.69) is 6.92 Å². The maximum atomic E-state index is 8.19. The fraction of sp³-hybridized carbons (Fsp3) is 0.833. The van der Waals surface area contributed by atoms with E-state index in [0.717, 1.165) is 11.5 Å². The second-order valence-electron chi connectivity index (χ2n) is 2.12. The first kappa shape index (κ1) is 8.09. The van der Waals surface area contributed by atoms with E-state index in [1.54, 1.807) is 18.0 Å². The average Bonchev–Trinajstić information content (AvgIpc) is 1.95. The number of nitrogens with zero attached hydrogens (tertiary/aromatic N) is 1. The summed E-state index contributed by atoms with van der Waals surface area (Å²) in [5.41, 5.74) is 0.103. The zero-order valence-corrected chi connectivity index (χ0v) is 7.37. The van der Waals surface area contributed by atoms with Gasteiger partial charge in [0.1, 0.15) is 0 Å². The molecule has 0 aromatic rings. The standard InChI is InChI=1S/C6H9NOS2/c1-5-2-10-6(3-9-5)8-4-7/h5-6H,2-3H2,1H3. The van der Waals surface area contributed by atoms with E-state index in [1.165, 1.54) is 0 Å². The lowest BCUT2D eigenvalue weighted by molar-refractivity contribution is 0.263. The number of thioether (sulfide) groups is 2. The van der Waals surface area contributed by atoms with Gasteiger partial charge in [0.05, 0.1) is 0 Å². The number of hydrogen-bond donors (Lipinski definition) is 0. The van der Waals surface area contributed by atoms with E-state index < -0.39 is 0 Å². The Bertz CT molecular complexity index is 137. The SMILES string of the molecule is CC1CSC(OC#N)CS1. The molecule has 2 unspecified atom stereocenters. The third-order valence-corrected chi connectivity index (χ3v) is 4.20. The van der Waals surface area contributed by atoms with Gasteiger partial charge in [-0.3, -0.25) is 0 Å². The van der Waals surface area contributed by atoms with Crippen molar-refractivity contribution < 1.29 is 4.74 Å². The van der Waals surface area contributed by atoms with Crippen molar-refractivity contribution >= 4 is 23.5 Å². The molecule has 2 nitrogen and oxygen atoms in total. The Hall–Kier alpha value is -0.0100. The predicted molar refractivity (Wildman–Crippen MR) is 44.9 cm³/mol. The first-order valence-electron chi connectivity index (χ1n) is 3.11. The van der Waals surface area contributed by atoms with Gasteiger partial charge < -0.3 is 4.74 Å². The van der Waals surface area contributed by atoms with Crippen LogP contribution in [0.5, 0.6) is 0 Å². The molecule has 56 valence electrons. The average molecular weight is 175 g/mol. The Morgan fingerprint density at radius 2 is 2.30 bits per heavy atom. The van der Waals surface area contributed by atoms with Gasteiger partial charge in [-0.2, -0.15) is 17.0 Å². The van der Waals surface area contributed by atoms with Crippen LogP contribution in [0.4, 0.5) is 0 Å². The van der Waals surface area contributed by atoms with Gasteiger partial charge in [-0.15, -0.1) is 11.8 Å². The normalized spacial score (nSPS) is 32.8. The van der Waals surface area contributed by atoms with Crippen molar-refractivity contribution in [1.82, 2.24) is 0 Å². The van der Waals surface area contributed by atoms with Crippen molar-refractivity contribution in [3.05, 3.63) is 0 Å². The number of ether oxygens (including phenoxy) is 1. The van der Waals surface area contributed by atoms with Gasteiger partial charge in [0.25, 0.3) is 6.26 Å². The lowest BCUT2D eigenvalue weighted by atomic mass is 10.6. The molecule has 0 aliphatic carbocycles. The zero-order valence-electron chi connectivity index (χ0n) is 5.74. The monoisotopic (exact) mass is 175 g/mol. The molecule has 1 rings (SSSR count). The van der Waals surface area contributed by atoms with Crippen molar-refractivity contribution in [2.24, 2.45) is 0 Å². The molecule has 1 fully saturated rings. The molecule has 0 radical (unpaired) electrons. The summed E-state index contributed by atoms with van der Waals surface area (Å²) >= 11 is 3.60. The Morgan fingerprint density at radius 1 is 1.50 bits per heavy atom. The minimum absolute atomic E-state index is 0.103. The largest absolute Gasteiger partial charge is 0.412 e. The first-order valence-corrected chi connectivity index (χ1v) is 5.20. The predicted octanol–water partition coefficient (Wildman–Crippen LogP) is 1.68. The molecule has 1 saturated heterocycles. The van der Waals surface area contributed by atoms with E-state index in [1.807, 2.05) is 11.8 Å². The van der Waals surface area contributed by atoms with Gasteiger partial charge in [-0.25, -0.2) is 0 Å². The Balaban J connectivity index is 2.21. The van der Waals surface area contributed by atoms with Gasteiger partial charge in [0, 0.05) is 16.8 Å². The molecule has 0 aromatic heterocycles. The second kappa shape index (κ2) is 3.99. The van der Waals surface area contributed by atoms with Crippen LogP contribution in [-0.4, -0.2) is 22.2 Å². The first-order chi connectivity index (χ1) is 4.83. The van der Waals surface area contributed by atoms with Crippen LogP contribution in [0.2, 0.25) is 0 Å². The molecule has 1 aliphatic heterocycles. The Kier molecular flexibility index (Phi) is 3.23. The molecular weight excluding hydrogens is 166 g/mol. The van der Waals surface area contributed by atoms with Crippen LogP contribution in [-0.2, 0) is 4.74 Å². The van der Waals surface area contributed by atoms with E-state index in [4.69, 9.17) is 10.00 Å². The van der Waals surface area contributed by atoms with E-state index in [9.17, 15) is 0 Å². The molecule has 0 aromatic carbocycles. The Labute approximate surface area is 69.3 Å². The molecular formula is C6H9NOS2. The molecule has 2 atom stereocenters. The molecule has 0 spiro atoms. The van der Waals surface area contributed by atoms with Crippen molar-refractivity contribution in [3.8, 4) is 6.26 Å². The fourth-order valence-corrected chi connectivity index (χ4v) is 3.10. The van der Waals surface area contributed by atoms with E-state index in [-0.39, 0.29) is 5.44 Å². The van der Waals surface area contributed by atoms with E-state index in [0.29, 0.717) is 5.25 Å². The molecule has 0 saturated carbocycles. The van der Waals surface area contributed by atoms with Gasteiger partial charge in [0.2, 0.25) is 0 Å². The summed E-state index contributed by atoms with van der Waals surface area (Å²) in [6.45, 7) is 2.19. The lowest BCUT2D eigenvalue weighted by Crippen LogP contribution is -2.20. The quantitative estimate of drug-likeness (QED) is 0.568. The third kappa shape index (κ3) is 2.31. The summed E-state index contributed by atoms with van der Waals surface area (Å²) in [5, 5.41) is 8.90. The number of hydrogen-bond acceptors (Lipinski definition) is 4. The summed E-state index contributed by atoms with van der Waals surface area (Å²) in [7, 11) is 0. The van der Waals surface area contributed by atoms with Crippen molar-refractivity contribution in [2.45, 2.75) is 17.6 Å². The highest BCUT2D eigenvalue weighted by molar-refractivity contribution is 8.07. The van der Waals surface area contributed by atoms with Crippen LogP contribution >= 0.6 is 23.5 Å². The van der Waals surface area contributed by atoms with Gasteiger partial charge >= 0.3 is 0 Å². The molecule has 0 amide bonds. The highest BCUT2D eigenvalue weighted by Gasteiger charge is 2.19. The van der Waals surface area contributed by atoms with Crippen LogP contribution in [0.1, 0.15) is 6.92 Å². The highest BCUT2D eigenvalue weighted by atomic mass is 32.2. The zero-order chi connectivity index (χ0) is 7.40. The fourth-order valence-electron chi connectivity index (χ4n) is 0.709. The molecule has 4 heteroatoms. The van der Waals surface area contributed by atoms with Crippen LogP contribution < -0.4 is 0 Å². The van der Waals surface area contributed by atoms with Crippen LogP contribution in [0.25, 0.3) is 0 Å². The molecule has 0 N–H and O–H groups in total. The molecule has 1 heterocycles. The van der Waals surface area contributed by atoms with Gasteiger partial charge in [-0.1, -0.05) is 6.92 Å². The second-order valence-corrected chi connectivity index (χ2v) is 4.78. The van der Waals surface area contributed by atoms with Crippen molar-refractivity contribution in [1.29, 1.82) is 5.26 Å². The summed E-state index contributed by atoms with van der Waals surface area (Å²) < 4.78 is 4.78. The van der Waals surface area contributed by atoms with Crippen LogP contribution in [0.3, 0.4) is 0 Å². The highest BCUT2D eigenvalue weighted by Crippen LogP contribution is 2.29. The Morgan fingerprint density at radius 3 is 2.80 bits per heavy atom. The number of nitriles is 1. The summed E-state index contributed by atoms with van der Waals surface area (Å²) in [5.74, 6) is 2.04. The summed E-state index contributed by atoms with van der Waals surface area (Å²) in [6, 6.07) is 0. The smallest absolute Gasteiger partial charge is 0.287 e. The minimum atomic E-state index is 0.103. The van der Waals surface area contributed by atoms with Crippen molar-refractivity contribution in [2.75, 3.05) is 11.5 Å². The van der Waals surface area contributed by atoms with Gasteiger partial charge in [-0.05, 0) is 0 Å².